The van der Waals surface area contributed by atoms with E-state index in [9.17, 15) is 19.6 Å². The van der Waals surface area contributed by atoms with Crippen LogP contribution in [-0.4, -0.2) is 9.79 Å². The van der Waals surface area contributed by atoms with Gasteiger partial charge >= 0.3 is 7.60 Å². The first-order chi connectivity index (χ1) is 17.0. The fourth-order valence-electron chi connectivity index (χ4n) is 4.34. The second-order valence-corrected chi connectivity index (χ2v) is 9.86. The predicted octanol–water partition coefficient (Wildman–Crippen LogP) is -1.32. The molecule has 0 aliphatic heterocycles. The van der Waals surface area contributed by atoms with Gasteiger partial charge in [0.25, 0.3) is 5.78 Å². The number of halogens is 2. The maximum Gasteiger partial charge on any atom is 0.398 e. The fourth-order valence-corrected chi connectivity index (χ4v) is 5.41. The summed E-state index contributed by atoms with van der Waals surface area (Å²) in [4.78, 5) is 20.0. The Morgan fingerprint density at radius 2 is 1.24 bits per heavy atom. The topological polar surface area (TPSA) is 89.1 Å². The summed E-state index contributed by atoms with van der Waals surface area (Å²) in [6.45, 7) is 0. The van der Waals surface area contributed by atoms with Crippen molar-refractivity contribution in [2.45, 2.75) is 5.78 Å². The van der Waals surface area contributed by atoms with Gasteiger partial charge in [0, 0.05) is 41.3 Å². The van der Waals surface area contributed by atoms with Crippen molar-refractivity contribution in [1.29, 1.82) is 5.26 Å². The van der Waals surface area contributed by atoms with E-state index in [0.717, 1.165) is 27.6 Å². The van der Waals surface area contributed by atoms with Crippen LogP contribution in [0.25, 0.3) is 27.6 Å². The molecule has 0 saturated heterocycles. The van der Waals surface area contributed by atoms with Gasteiger partial charge in [0.1, 0.15) is 0 Å². The number of hydrogen-bond acceptors (Lipinski definition) is 2. The lowest BCUT2D eigenvalue weighted by Gasteiger charge is -2.14. The third kappa shape index (κ3) is 5.73. The lowest BCUT2D eigenvalue weighted by Crippen LogP contribution is -3.00. The van der Waals surface area contributed by atoms with Gasteiger partial charge in [-0.2, -0.15) is 14.4 Å². The van der Waals surface area contributed by atoms with Gasteiger partial charge in [-0.1, -0.05) is 48.5 Å². The average molecular weight is 550 g/mol. The number of rotatable bonds is 5. The van der Waals surface area contributed by atoms with Gasteiger partial charge in [-0.05, 0) is 23.3 Å². The van der Waals surface area contributed by atoms with Crippen molar-refractivity contribution >= 4 is 18.4 Å². The monoisotopic (exact) mass is 549 g/mol. The molecule has 5 aromatic rings. The van der Waals surface area contributed by atoms with Gasteiger partial charge < -0.3 is 34.6 Å². The molecule has 186 valence electrons. The highest BCUT2D eigenvalue weighted by Gasteiger charge is 2.38. The van der Waals surface area contributed by atoms with Crippen molar-refractivity contribution in [1.82, 2.24) is 0 Å². The lowest BCUT2D eigenvalue weighted by atomic mass is 10.0. The molecule has 5 rings (SSSR count). The van der Waals surface area contributed by atoms with Gasteiger partial charge in [-0.25, -0.2) is 0 Å². The van der Waals surface area contributed by atoms with E-state index >= 15 is 0 Å². The maximum atomic E-state index is 12.2. The minimum Gasteiger partial charge on any atom is -1.00 e. The van der Waals surface area contributed by atoms with E-state index in [1.165, 1.54) is 0 Å². The maximum absolute atomic E-state index is 12.2. The summed E-state index contributed by atoms with van der Waals surface area (Å²) in [5.74, 6) is -1.08. The number of nitriles is 1. The summed E-state index contributed by atoms with van der Waals surface area (Å²) in [5, 5.41) is 11.3. The van der Waals surface area contributed by atoms with Crippen molar-refractivity contribution in [2.24, 2.45) is 0 Å². The molecule has 2 heterocycles. The largest absolute Gasteiger partial charge is 1.00 e. The van der Waals surface area contributed by atoms with E-state index in [1.807, 2.05) is 83.7 Å². The zero-order chi connectivity index (χ0) is 24.4. The van der Waals surface area contributed by atoms with Crippen LogP contribution in [-0.2, 0) is 4.57 Å². The molecule has 1 atom stereocenters. The van der Waals surface area contributed by atoms with E-state index < -0.39 is 13.4 Å². The molecule has 9 heteroatoms. The number of pyridine rings is 2. The molecule has 0 aliphatic carbocycles. The molecule has 0 aliphatic rings. The summed E-state index contributed by atoms with van der Waals surface area (Å²) >= 11 is 0. The Hall–Kier alpha value is -3.56. The third-order valence-electron chi connectivity index (χ3n) is 6.01. The smallest absolute Gasteiger partial charge is 0.398 e. The summed E-state index contributed by atoms with van der Waals surface area (Å²) < 4.78 is 15.8. The molecule has 2 N–H and O–H groups in total. The molecule has 1 unspecified atom stereocenters. The summed E-state index contributed by atoms with van der Waals surface area (Å²) in [5.41, 5.74) is 4.07. The molecule has 37 heavy (non-hydrogen) atoms. The Bertz CT molecular complexity index is 1600. The van der Waals surface area contributed by atoms with Crippen molar-refractivity contribution < 1.29 is 48.3 Å². The Kier molecular flexibility index (Phi) is 8.83. The van der Waals surface area contributed by atoms with E-state index in [0.29, 0.717) is 11.1 Å². The van der Waals surface area contributed by atoms with E-state index in [2.05, 4.69) is 6.07 Å². The molecule has 0 fully saturated rings. The molecule has 0 amide bonds. The Balaban J connectivity index is 0.00000190. The minimum atomic E-state index is -4.43. The predicted molar refractivity (Wildman–Crippen MR) is 132 cm³/mol. The highest BCUT2D eigenvalue weighted by atomic mass is 35.5. The van der Waals surface area contributed by atoms with Crippen LogP contribution in [0.5, 0.6) is 0 Å². The van der Waals surface area contributed by atoms with Gasteiger partial charge in [-0.3, -0.25) is 4.57 Å². The average Bonchev–Trinajstić information content (AvgIpc) is 2.88. The van der Waals surface area contributed by atoms with E-state index in [1.54, 1.807) is 41.2 Å². The van der Waals surface area contributed by atoms with E-state index in [-0.39, 0.29) is 24.8 Å². The van der Waals surface area contributed by atoms with Crippen LogP contribution >= 0.6 is 7.60 Å². The number of hydrogen-bond donors (Lipinski definition) is 2. The number of fused-ring (bicyclic) bond motifs is 1. The van der Waals surface area contributed by atoms with Crippen molar-refractivity contribution in [3.8, 4) is 22.9 Å². The highest BCUT2D eigenvalue weighted by Crippen LogP contribution is 2.49. The molecule has 0 radical (unpaired) electrons. The number of aromatic nitrogens is 2. The van der Waals surface area contributed by atoms with Crippen LogP contribution in [0, 0.1) is 11.3 Å². The molecule has 0 spiro atoms. The van der Waals surface area contributed by atoms with Gasteiger partial charge in [0.15, 0.2) is 24.8 Å². The zero-order valence-corrected chi connectivity index (χ0v) is 21.8. The SMILES string of the molecule is N#Cc1ccc(-[n+]2ccc(-c3cc[n+](C(c4ccccc4)P(=O)(O)O)cc3)cc2)c2ccccc12.[Cl-].[Cl-]. The Labute approximate surface area is 227 Å². The van der Waals surface area contributed by atoms with Crippen LogP contribution in [0.1, 0.15) is 16.9 Å². The van der Waals surface area contributed by atoms with Crippen molar-refractivity contribution in [3.05, 3.63) is 127 Å². The van der Waals surface area contributed by atoms with Gasteiger partial charge in [0.05, 0.1) is 17.0 Å². The van der Waals surface area contributed by atoms with Gasteiger partial charge in [-0.15, -0.1) is 0 Å². The number of benzene rings is 3. The molecule has 2 aromatic heterocycles. The molecular formula is C28H22Cl2N3O3P. The van der Waals surface area contributed by atoms with Crippen LogP contribution < -0.4 is 33.9 Å². The molecule has 0 bridgehead atoms. The summed E-state index contributed by atoms with van der Waals surface area (Å²) in [7, 11) is -4.43. The second kappa shape index (κ2) is 11.7. The molecular weight excluding hydrogens is 528 g/mol. The first-order valence-electron chi connectivity index (χ1n) is 11.0. The third-order valence-corrected chi connectivity index (χ3v) is 7.22. The Morgan fingerprint density at radius 3 is 1.81 bits per heavy atom. The van der Waals surface area contributed by atoms with Crippen LogP contribution in [0.2, 0.25) is 0 Å². The highest BCUT2D eigenvalue weighted by molar-refractivity contribution is 7.51. The van der Waals surface area contributed by atoms with Crippen molar-refractivity contribution in [2.75, 3.05) is 0 Å². The zero-order valence-electron chi connectivity index (χ0n) is 19.4. The minimum absolute atomic E-state index is 0. The standard InChI is InChI=1S/C28H20N3O3P.2ClH/c29-20-24-10-11-27(26-9-5-4-8-25(24)26)30-16-12-21(13-17-30)22-14-18-31(19-15-22)28(35(32,33)34)23-6-2-1-3-7-23;;/h1-19,28H;2*1H. The van der Waals surface area contributed by atoms with Crippen LogP contribution in [0.4, 0.5) is 0 Å². The molecule has 3 aromatic carbocycles. The first kappa shape index (κ1) is 28.0. The van der Waals surface area contributed by atoms with Crippen molar-refractivity contribution in [3.63, 3.8) is 0 Å². The summed E-state index contributed by atoms with van der Waals surface area (Å²) in [6, 6.07) is 30.3. The Morgan fingerprint density at radius 1 is 0.703 bits per heavy atom. The quantitative estimate of drug-likeness (QED) is 0.210. The normalized spacial score (nSPS) is 11.6. The molecule has 6 nitrogen and oxygen atoms in total. The fraction of sp³-hybridized carbons (Fsp3) is 0.0357. The first-order valence-corrected chi connectivity index (χ1v) is 12.7. The van der Waals surface area contributed by atoms with Crippen LogP contribution in [0.15, 0.2) is 116 Å². The van der Waals surface area contributed by atoms with Gasteiger partial charge in [0.2, 0.25) is 5.69 Å². The number of nitrogens with zero attached hydrogens (tertiary/aromatic N) is 3. The second-order valence-electron chi connectivity index (χ2n) is 8.19. The van der Waals surface area contributed by atoms with Crippen LogP contribution in [0.3, 0.4) is 0 Å². The lowest BCUT2D eigenvalue weighted by molar-refractivity contribution is -0.695. The van der Waals surface area contributed by atoms with E-state index in [4.69, 9.17) is 0 Å². The molecule has 0 saturated carbocycles. The summed E-state index contributed by atoms with van der Waals surface area (Å²) in [6.07, 6.45) is 7.32.